The van der Waals surface area contributed by atoms with E-state index in [-0.39, 0.29) is 0 Å². The molecule has 1 unspecified atom stereocenters. The summed E-state index contributed by atoms with van der Waals surface area (Å²) in [5, 5.41) is 7.05. The molecule has 0 aromatic heterocycles. The Labute approximate surface area is 100 Å². The molecule has 3 nitrogen and oxygen atoms in total. The maximum Gasteiger partial charge on any atom is 0.0667 e. The van der Waals surface area contributed by atoms with E-state index < -0.39 is 0 Å². The van der Waals surface area contributed by atoms with E-state index in [1.165, 1.54) is 38.5 Å². The molecule has 16 heavy (non-hydrogen) atoms. The summed E-state index contributed by atoms with van der Waals surface area (Å²) in [7, 11) is 1.76. The molecule has 1 saturated carbocycles. The monoisotopic (exact) mass is 228 g/mol. The van der Waals surface area contributed by atoms with Crippen molar-refractivity contribution >= 4 is 0 Å². The van der Waals surface area contributed by atoms with Gasteiger partial charge in [-0.15, -0.1) is 0 Å². The molecule has 1 atom stereocenters. The minimum Gasteiger partial charge on any atom is -0.380 e. The molecule has 1 aliphatic carbocycles. The van der Waals surface area contributed by atoms with Gasteiger partial charge in [0.1, 0.15) is 0 Å². The van der Waals surface area contributed by atoms with Crippen LogP contribution in [0.25, 0.3) is 0 Å². The van der Waals surface area contributed by atoms with E-state index in [1.54, 1.807) is 7.11 Å². The zero-order chi connectivity index (χ0) is 11.6. The van der Waals surface area contributed by atoms with Crippen LogP contribution in [0.15, 0.2) is 0 Å². The number of rotatable bonds is 7. The van der Waals surface area contributed by atoms with Gasteiger partial charge in [0.2, 0.25) is 0 Å². The Hall–Kier alpha value is -0.120. The molecule has 1 rings (SSSR count). The van der Waals surface area contributed by atoms with E-state index in [2.05, 4.69) is 17.6 Å². The Morgan fingerprint density at radius 2 is 1.81 bits per heavy atom. The van der Waals surface area contributed by atoms with Crippen LogP contribution in [0.2, 0.25) is 0 Å². The SMILES string of the molecule is COC(C)CNCCNC1CCCCCC1. The fourth-order valence-electron chi connectivity index (χ4n) is 2.24. The lowest BCUT2D eigenvalue weighted by molar-refractivity contribution is 0.117. The van der Waals surface area contributed by atoms with Crippen molar-refractivity contribution in [3.63, 3.8) is 0 Å². The van der Waals surface area contributed by atoms with E-state index in [0.29, 0.717) is 6.10 Å². The zero-order valence-electron chi connectivity index (χ0n) is 10.9. The number of hydrogen-bond acceptors (Lipinski definition) is 3. The van der Waals surface area contributed by atoms with Crippen LogP contribution in [-0.4, -0.2) is 38.9 Å². The van der Waals surface area contributed by atoms with Crippen molar-refractivity contribution in [1.82, 2.24) is 10.6 Å². The van der Waals surface area contributed by atoms with Gasteiger partial charge in [-0.1, -0.05) is 25.7 Å². The smallest absolute Gasteiger partial charge is 0.0667 e. The van der Waals surface area contributed by atoms with Gasteiger partial charge in [0.25, 0.3) is 0 Å². The summed E-state index contributed by atoms with van der Waals surface area (Å²) in [4.78, 5) is 0. The fourth-order valence-corrected chi connectivity index (χ4v) is 2.24. The number of hydrogen-bond donors (Lipinski definition) is 2. The summed E-state index contributed by atoms with van der Waals surface area (Å²) >= 11 is 0. The van der Waals surface area contributed by atoms with E-state index >= 15 is 0 Å². The molecule has 0 aliphatic heterocycles. The summed E-state index contributed by atoms with van der Waals surface area (Å²) < 4.78 is 5.18. The minimum atomic E-state index is 0.317. The Morgan fingerprint density at radius 1 is 1.12 bits per heavy atom. The zero-order valence-corrected chi connectivity index (χ0v) is 10.9. The average molecular weight is 228 g/mol. The third-order valence-corrected chi connectivity index (χ3v) is 3.42. The maximum absolute atomic E-state index is 5.18. The van der Waals surface area contributed by atoms with Crippen LogP contribution in [0, 0.1) is 0 Å². The first-order valence-electron chi connectivity index (χ1n) is 6.80. The van der Waals surface area contributed by atoms with E-state index in [4.69, 9.17) is 4.74 Å². The van der Waals surface area contributed by atoms with Gasteiger partial charge in [-0.3, -0.25) is 0 Å². The normalized spacial score (nSPS) is 20.6. The van der Waals surface area contributed by atoms with Crippen LogP contribution in [0.4, 0.5) is 0 Å². The van der Waals surface area contributed by atoms with Crippen LogP contribution < -0.4 is 10.6 Å². The Bertz CT molecular complexity index is 156. The summed E-state index contributed by atoms with van der Waals surface area (Å²) in [6.45, 7) is 5.17. The van der Waals surface area contributed by atoms with Gasteiger partial charge in [0.15, 0.2) is 0 Å². The molecule has 2 N–H and O–H groups in total. The fraction of sp³-hybridized carbons (Fsp3) is 1.00. The van der Waals surface area contributed by atoms with E-state index in [0.717, 1.165) is 25.7 Å². The summed E-state index contributed by atoms with van der Waals surface area (Å²) in [5.74, 6) is 0. The highest BCUT2D eigenvalue weighted by Crippen LogP contribution is 2.16. The lowest BCUT2D eigenvalue weighted by Gasteiger charge is -2.17. The number of ether oxygens (including phenoxy) is 1. The summed E-state index contributed by atoms with van der Waals surface area (Å²) in [6, 6.07) is 0.768. The second-order valence-corrected chi connectivity index (χ2v) is 4.89. The molecule has 0 aromatic rings. The van der Waals surface area contributed by atoms with E-state index in [1.807, 2.05) is 0 Å². The largest absolute Gasteiger partial charge is 0.380 e. The molecule has 96 valence electrons. The second-order valence-electron chi connectivity index (χ2n) is 4.89. The second kappa shape index (κ2) is 8.97. The van der Waals surface area contributed by atoms with Crippen molar-refractivity contribution in [2.45, 2.75) is 57.6 Å². The van der Waals surface area contributed by atoms with Gasteiger partial charge in [-0.05, 0) is 19.8 Å². The first-order valence-corrected chi connectivity index (χ1v) is 6.80. The van der Waals surface area contributed by atoms with Crippen molar-refractivity contribution < 1.29 is 4.74 Å². The van der Waals surface area contributed by atoms with Crippen LogP contribution in [0.5, 0.6) is 0 Å². The van der Waals surface area contributed by atoms with Gasteiger partial charge in [-0.2, -0.15) is 0 Å². The molecule has 3 heteroatoms. The van der Waals surface area contributed by atoms with Gasteiger partial charge in [0, 0.05) is 32.8 Å². The van der Waals surface area contributed by atoms with Gasteiger partial charge >= 0.3 is 0 Å². The van der Waals surface area contributed by atoms with Crippen molar-refractivity contribution in [2.24, 2.45) is 0 Å². The molecule has 1 aliphatic rings. The Morgan fingerprint density at radius 3 is 2.44 bits per heavy atom. The minimum absolute atomic E-state index is 0.317. The van der Waals surface area contributed by atoms with Crippen molar-refractivity contribution in [2.75, 3.05) is 26.7 Å². The van der Waals surface area contributed by atoms with Gasteiger partial charge in [-0.25, -0.2) is 0 Å². The number of nitrogens with one attached hydrogen (secondary N) is 2. The quantitative estimate of drug-likeness (QED) is 0.516. The maximum atomic E-state index is 5.18. The molecule has 1 fully saturated rings. The lowest BCUT2D eigenvalue weighted by atomic mass is 10.1. The first kappa shape index (κ1) is 13.9. The van der Waals surface area contributed by atoms with E-state index in [9.17, 15) is 0 Å². The number of methoxy groups -OCH3 is 1. The molecule has 0 heterocycles. The van der Waals surface area contributed by atoms with Crippen molar-refractivity contribution in [1.29, 1.82) is 0 Å². The molecular formula is C13H28N2O. The molecule has 0 saturated heterocycles. The predicted octanol–water partition coefficient (Wildman–Crippen LogP) is 1.92. The summed E-state index contributed by atoms with van der Waals surface area (Å²) in [6.07, 6.45) is 8.74. The van der Waals surface area contributed by atoms with Crippen molar-refractivity contribution in [3.8, 4) is 0 Å². The lowest BCUT2D eigenvalue weighted by Crippen LogP contribution is -2.37. The molecule has 0 radical (unpaired) electrons. The highest BCUT2D eigenvalue weighted by Gasteiger charge is 2.10. The molecule has 0 aromatic carbocycles. The highest BCUT2D eigenvalue weighted by molar-refractivity contribution is 4.71. The van der Waals surface area contributed by atoms with Crippen LogP contribution >= 0.6 is 0 Å². The average Bonchev–Trinajstić information content (AvgIpc) is 2.57. The van der Waals surface area contributed by atoms with Crippen LogP contribution in [-0.2, 0) is 4.74 Å². The van der Waals surface area contributed by atoms with Gasteiger partial charge < -0.3 is 15.4 Å². The Kier molecular flexibility index (Phi) is 7.81. The molecule has 0 bridgehead atoms. The molecule has 0 spiro atoms. The highest BCUT2D eigenvalue weighted by atomic mass is 16.5. The molecular weight excluding hydrogens is 200 g/mol. The third-order valence-electron chi connectivity index (χ3n) is 3.42. The van der Waals surface area contributed by atoms with Crippen molar-refractivity contribution in [3.05, 3.63) is 0 Å². The first-order chi connectivity index (χ1) is 7.83. The Balaban J connectivity index is 1.93. The standard InChI is InChI=1S/C13H28N2O/c1-12(16-2)11-14-9-10-15-13-7-5-3-4-6-8-13/h12-15H,3-11H2,1-2H3. The topological polar surface area (TPSA) is 33.3 Å². The molecule has 0 amide bonds. The van der Waals surface area contributed by atoms with Gasteiger partial charge in [0.05, 0.1) is 6.10 Å². The van der Waals surface area contributed by atoms with Crippen LogP contribution in [0.3, 0.4) is 0 Å². The third kappa shape index (κ3) is 6.46. The van der Waals surface area contributed by atoms with Crippen LogP contribution in [0.1, 0.15) is 45.4 Å². The summed E-state index contributed by atoms with van der Waals surface area (Å²) in [5.41, 5.74) is 0. The predicted molar refractivity (Wildman–Crippen MR) is 68.8 cm³/mol.